The van der Waals surface area contributed by atoms with Gasteiger partial charge in [0.2, 0.25) is 0 Å². The second-order valence-corrected chi connectivity index (χ2v) is 5.53. The van der Waals surface area contributed by atoms with Gasteiger partial charge in [0, 0.05) is 18.2 Å². The van der Waals surface area contributed by atoms with E-state index in [-0.39, 0.29) is 0 Å². The number of aromatic nitrogens is 2. The van der Waals surface area contributed by atoms with E-state index in [9.17, 15) is 0 Å². The molecule has 3 aromatic rings. The van der Waals surface area contributed by atoms with Crippen LogP contribution in [0.25, 0.3) is 16.9 Å². The van der Waals surface area contributed by atoms with Crippen molar-refractivity contribution in [3.05, 3.63) is 53.3 Å². The van der Waals surface area contributed by atoms with E-state index in [1.807, 2.05) is 18.3 Å². The first kappa shape index (κ1) is 14.6. The minimum absolute atomic E-state index is 0.573. The molecule has 0 aliphatic rings. The molecule has 114 valence electrons. The highest BCUT2D eigenvalue weighted by Gasteiger charge is 2.18. The van der Waals surface area contributed by atoms with Gasteiger partial charge in [0.25, 0.3) is 0 Å². The van der Waals surface area contributed by atoms with Crippen molar-refractivity contribution in [3.63, 3.8) is 0 Å². The molecule has 2 heterocycles. The number of pyridine rings is 1. The van der Waals surface area contributed by atoms with E-state index in [2.05, 4.69) is 36.4 Å². The van der Waals surface area contributed by atoms with E-state index in [4.69, 9.17) is 15.5 Å². The van der Waals surface area contributed by atoms with Gasteiger partial charge in [-0.3, -0.25) is 4.40 Å². The lowest BCUT2D eigenvalue weighted by atomic mass is 10.0. The van der Waals surface area contributed by atoms with Gasteiger partial charge >= 0.3 is 0 Å². The average Bonchev–Trinajstić information content (AvgIpc) is 2.87. The number of aryl methyl sites for hydroxylation is 2. The van der Waals surface area contributed by atoms with Gasteiger partial charge in [0.05, 0.1) is 18.5 Å². The van der Waals surface area contributed by atoms with Crippen molar-refractivity contribution in [2.75, 3.05) is 13.7 Å². The van der Waals surface area contributed by atoms with Gasteiger partial charge in [-0.15, -0.1) is 0 Å². The molecular weight excluding hydrogens is 274 g/mol. The molecule has 2 N–H and O–H groups in total. The highest BCUT2D eigenvalue weighted by molar-refractivity contribution is 5.74. The zero-order valence-electron chi connectivity index (χ0n) is 13.3. The summed E-state index contributed by atoms with van der Waals surface area (Å²) in [5.41, 5.74) is 12.3. The molecule has 1 aromatic carbocycles. The van der Waals surface area contributed by atoms with Crippen LogP contribution in [0, 0.1) is 13.8 Å². The van der Waals surface area contributed by atoms with E-state index in [0.29, 0.717) is 6.54 Å². The fourth-order valence-electron chi connectivity index (χ4n) is 2.85. The summed E-state index contributed by atoms with van der Waals surface area (Å²) in [6.07, 6.45) is 2.79. The van der Waals surface area contributed by atoms with Crippen molar-refractivity contribution >= 4 is 5.65 Å². The Kier molecular flexibility index (Phi) is 3.86. The van der Waals surface area contributed by atoms with Gasteiger partial charge in [-0.25, -0.2) is 4.98 Å². The topological polar surface area (TPSA) is 52.5 Å². The lowest BCUT2D eigenvalue weighted by Crippen LogP contribution is -2.04. The Morgan fingerprint density at radius 3 is 2.77 bits per heavy atom. The maximum Gasteiger partial charge on any atom is 0.140 e. The third-order valence-electron chi connectivity index (χ3n) is 3.91. The molecule has 22 heavy (non-hydrogen) atoms. The summed E-state index contributed by atoms with van der Waals surface area (Å²) < 4.78 is 7.70. The molecular formula is C18H21N3O. The van der Waals surface area contributed by atoms with Gasteiger partial charge in [-0.1, -0.05) is 17.7 Å². The lowest BCUT2D eigenvalue weighted by molar-refractivity contribution is 0.416. The molecule has 0 aliphatic carbocycles. The number of fused-ring (bicyclic) bond motifs is 1. The highest BCUT2D eigenvalue weighted by Crippen LogP contribution is 2.34. The number of hydrogen-bond donors (Lipinski definition) is 1. The number of benzene rings is 1. The van der Waals surface area contributed by atoms with Crippen LogP contribution in [0.4, 0.5) is 0 Å². The fraction of sp³-hybridized carbons (Fsp3) is 0.278. The Hall–Kier alpha value is -2.33. The zero-order chi connectivity index (χ0) is 15.7. The largest absolute Gasteiger partial charge is 0.496 e. The van der Waals surface area contributed by atoms with E-state index >= 15 is 0 Å². The molecule has 0 unspecified atom stereocenters. The van der Waals surface area contributed by atoms with Crippen LogP contribution in [-0.4, -0.2) is 23.0 Å². The molecule has 3 rings (SSSR count). The number of nitrogens with two attached hydrogens (primary N) is 1. The summed E-state index contributed by atoms with van der Waals surface area (Å²) in [6.45, 7) is 4.73. The van der Waals surface area contributed by atoms with Crippen LogP contribution in [0.3, 0.4) is 0 Å². The molecule has 0 aliphatic heterocycles. The average molecular weight is 295 g/mol. The fourth-order valence-corrected chi connectivity index (χ4v) is 2.85. The monoisotopic (exact) mass is 295 g/mol. The molecule has 0 fully saturated rings. The van der Waals surface area contributed by atoms with Gasteiger partial charge in [-0.05, 0) is 44.2 Å². The Labute approximate surface area is 130 Å². The van der Waals surface area contributed by atoms with E-state index in [1.165, 1.54) is 5.56 Å². The molecule has 0 radical (unpaired) electrons. The third kappa shape index (κ3) is 2.35. The maximum absolute atomic E-state index is 5.79. The van der Waals surface area contributed by atoms with E-state index < -0.39 is 0 Å². The smallest absolute Gasteiger partial charge is 0.140 e. The van der Waals surface area contributed by atoms with Crippen LogP contribution in [-0.2, 0) is 6.42 Å². The molecule has 4 heteroatoms. The Morgan fingerprint density at radius 1 is 1.23 bits per heavy atom. The Morgan fingerprint density at radius 2 is 2.05 bits per heavy atom. The quantitative estimate of drug-likeness (QED) is 0.804. The summed E-state index contributed by atoms with van der Waals surface area (Å²) in [5, 5.41) is 0. The summed E-state index contributed by atoms with van der Waals surface area (Å²) in [4.78, 5) is 4.81. The highest BCUT2D eigenvalue weighted by atomic mass is 16.5. The minimum atomic E-state index is 0.573. The second kappa shape index (κ2) is 5.81. The first-order chi connectivity index (χ1) is 10.7. The minimum Gasteiger partial charge on any atom is -0.496 e. The summed E-state index contributed by atoms with van der Waals surface area (Å²) in [5.74, 6) is 0.854. The maximum atomic E-state index is 5.79. The standard InChI is InChI=1S/C18H21N3O/c1-12-6-7-16(22-3)14(11-12)17-15(8-9-19)20-18-13(2)5-4-10-21(17)18/h4-7,10-11H,8-9,19H2,1-3H3. The first-order valence-electron chi connectivity index (χ1n) is 7.47. The predicted octanol–water partition coefficient (Wildman–Crippen LogP) is 3.13. The summed E-state index contributed by atoms with van der Waals surface area (Å²) >= 11 is 0. The van der Waals surface area contributed by atoms with Gasteiger partial charge in [0.1, 0.15) is 11.4 Å². The van der Waals surface area contributed by atoms with E-state index in [0.717, 1.165) is 40.3 Å². The SMILES string of the molecule is COc1ccc(C)cc1-c1c(CCN)nc2c(C)cccn12. The Balaban J connectivity index is 2.36. The number of methoxy groups -OCH3 is 1. The van der Waals surface area contributed by atoms with Crippen molar-refractivity contribution in [2.24, 2.45) is 5.73 Å². The van der Waals surface area contributed by atoms with Crippen LogP contribution in [0.5, 0.6) is 5.75 Å². The number of ether oxygens (including phenoxy) is 1. The van der Waals surface area contributed by atoms with Gasteiger partial charge < -0.3 is 10.5 Å². The van der Waals surface area contributed by atoms with Crippen LogP contribution in [0.2, 0.25) is 0 Å². The number of rotatable bonds is 4. The molecule has 4 nitrogen and oxygen atoms in total. The molecule has 0 bridgehead atoms. The summed E-state index contributed by atoms with van der Waals surface area (Å²) in [7, 11) is 1.70. The predicted molar refractivity (Wildman–Crippen MR) is 89.4 cm³/mol. The molecule has 0 amide bonds. The van der Waals surface area contributed by atoms with Crippen molar-refractivity contribution in [3.8, 4) is 17.0 Å². The molecule has 0 saturated heterocycles. The number of nitrogens with zero attached hydrogens (tertiary/aromatic N) is 2. The molecule has 0 saturated carbocycles. The zero-order valence-corrected chi connectivity index (χ0v) is 13.3. The van der Waals surface area contributed by atoms with Crippen LogP contribution >= 0.6 is 0 Å². The summed E-state index contributed by atoms with van der Waals surface area (Å²) in [6, 6.07) is 10.3. The van der Waals surface area contributed by atoms with Crippen LogP contribution < -0.4 is 10.5 Å². The van der Waals surface area contributed by atoms with Crippen molar-refractivity contribution < 1.29 is 4.74 Å². The molecule has 2 aromatic heterocycles. The van der Waals surface area contributed by atoms with Crippen molar-refractivity contribution in [1.29, 1.82) is 0 Å². The van der Waals surface area contributed by atoms with Crippen LogP contribution in [0.15, 0.2) is 36.5 Å². The van der Waals surface area contributed by atoms with Gasteiger partial charge in [0.15, 0.2) is 0 Å². The normalized spacial score (nSPS) is 11.1. The first-order valence-corrected chi connectivity index (χ1v) is 7.47. The van der Waals surface area contributed by atoms with Crippen LogP contribution in [0.1, 0.15) is 16.8 Å². The number of imidazole rings is 1. The van der Waals surface area contributed by atoms with Crippen molar-refractivity contribution in [1.82, 2.24) is 9.38 Å². The lowest BCUT2D eigenvalue weighted by Gasteiger charge is -2.11. The van der Waals surface area contributed by atoms with Crippen molar-refractivity contribution in [2.45, 2.75) is 20.3 Å². The third-order valence-corrected chi connectivity index (χ3v) is 3.91. The Bertz CT molecular complexity index is 821. The molecule has 0 atom stereocenters. The van der Waals surface area contributed by atoms with E-state index in [1.54, 1.807) is 7.11 Å². The van der Waals surface area contributed by atoms with Gasteiger partial charge in [-0.2, -0.15) is 0 Å². The number of hydrogen-bond acceptors (Lipinski definition) is 3. The molecule has 0 spiro atoms. The second-order valence-electron chi connectivity index (χ2n) is 5.53.